The summed E-state index contributed by atoms with van der Waals surface area (Å²) in [5, 5.41) is 13.3. The summed E-state index contributed by atoms with van der Waals surface area (Å²) in [5.74, 6) is 8.96. The molecule has 21 heavy (non-hydrogen) atoms. The SMILES string of the molecule is CC1CCC(CO)(Nc2cc(NN)nc(C3CC3)n2)CC1. The van der Waals surface area contributed by atoms with Crippen LogP contribution in [0.3, 0.4) is 0 Å². The lowest BCUT2D eigenvalue weighted by atomic mass is 9.77. The van der Waals surface area contributed by atoms with E-state index in [0.717, 1.165) is 56.1 Å². The summed E-state index contributed by atoms with van der Waals surface area (Å²) in [4.78, 5) is 9.04. The second-order valence-electron chi connectivity index (χ2n) is 6.66. The smallest absolute Gasteiger partial charge is 0.145 e. The zero-order valence-electron chi connectivity index (χ0n) is 12.6. The number of rotatable bonds is 5. The van der Waals surface area contributed by atoms with Crippen LogP contribution in [0.2, 0.25) is 0 Å². The monoisotopic (exact) mass is 291 g/mol. The highest BCUT2D eigenvalue weighted by atomic mass is 16.3. The maximum Gasteiger partial charge on any atom is 0.145 e. The van der Waals surface area contributed by atoms with Gasteiger partial charge in [0.15, 0.2) is 0 Å². The van der Waals surface area contributed by atoms with Gasteiger partial charge in [0.25, 0.3) is 0 Å². The van der Waals surface area contributed by atoms with E-state index in [1.54, 1.807) is 0 Å². The van der Waals surface area contributed by atoms with Crippen molar-refractivity contribution in [3.63, 3.8) is 0 Å². The summed E-state index contributed by atoms with van der Waals surface area (Å²) in [6.45, 7) is 2.40. The molecule has 2 saturated carbocycles. The van der Waals surface area contributed by atoms with Gasteiger partial charge in [0, 0.05) is 12.0 Å². The van der Waals surface area contributed by atoms with Gasteiger partial charge in [-0.3, -0.25) is 0 Å². The van der Waals surface area contributed by atoms with E-state index in [0.29, 0.717) is 11.7 Å². The van der Waals surface area contributed by atoms with Crippen molar-refractivity contribution in [2.45, 2.75) is 56.9 Å². The van der Waals surface area contributed by atoms with Gasteiger partial charge in [-0.2, -0.15) is 0 Å². The summed E-state index contributed by atoms with van der Waals surface area (Å²) in [5.41, 5.74) is 2.36. The number of aliphatic hydroxyl groups excluding tert-OH is 1. The first-order valence-corrected chi connectivity index (χ1v) is 7.89. The second kappa shape index (κ2) is 5.77. The molecule has 0 aromatic carbocycles. The molecule has 0 unspecified atom stereocenters. The number of aromatic nitrogens is 2. The Hall–Kier alpha value is -1.40. The van der Waals surface area contributed by atoms with Gasteiger partial charge in [0.1, 0.15) is 17.5 Å². The third-order valence-electron chi connectivity index (χ3n) is 4.76. The van der Waals surface area contributed by atoms with Crippen LogP contribution >= 0.6 is 0 Å². The Bertz CT molecular complexity index is 495. The molecule has 0 aliphatic heterocycles. The minimum Gasteiger partial charge on any atom is -0.394 e. The second-order valence-corrected chi connectivity index (χ2v) is 6.66. The van der Waals surface area contributed by atoms with Crippen molar-refractivity contribution < 1.29 is 5.11 Å². The van der Waals surface area contributed by atoms with Crippen molar-refractivity contribution in [1.29, 1.82) is 0 Å². The Balaban J connectivity index is 1.80. The summed E-state index contributed by atoms with van der Waals surface area (Å²) in [6.07, 6.45) is 6.51. The highest BCUT2D eigenvalue weighted by Gasteiger charge is 2.34. The molecular formula is C15H25N5O. The van der Waals surface area contributed by atoms with Crippen molar-refractivity contribution >= 4 is 11.6 Å². The number of aliphatic hydroxyl groups is 1. The van der Waals surface area contributed by atoms with Crippen LogP contribution in [-0.4, -0.2) is 27.2 Å². The average Bonchev–Trinajstić information content (AvgIpc) is 3.34. The lowest BCUT2D eigenvalue weighted by Gasteiger charge is -2.39. The summed E-state index contributed by atoms with van der Waals surface area (Å²) >= 11 is 0. The van der Waals surface area contributed by atoms with Crippen LogP contribution in [0.15, 0.2) is 6.07 Å². The normalized spacial score (nSPS) is 29.2. The lowest BCUT2D eigenvalue weighted by molar-refractivity contribution is 0.155. The van der Waals surface area contributed by atoms with Crippen LogP contribution in [-0.2, 0) is 0 Å². The molecule has 5 N–H and O–H groups in total. The maximum absolute atomic E-state index is 9.86. The summed E-state index contributed by atoms with van der Waals surface area (Å²) in [6, 6.07) is 1.82. The number of nitrogens with two attached hydrogens (primary N) is 1. The number of nitrogens with zero attached hydrogens (tertiary/aromatic N) is 2. The first kappa shape index (κ1) is 14.5. The molecule has 2 aliphatic carbocycles. The van der Waals surface area contributed by atoms with Gasteiger partial charge in [-0.15, -0.1) is 0 Å². The Morgan fingerprint density at radius 1 is 1.24 bits per heavy atom. The standard InChI is InChI=1S/C15H25N5O/c1-10-4-6-15(9-21,7-5-10)19-12-8-13(20-16)18-14(17-12)11-2-3-11/h8,10-11,21H,2-7,9,16H2,1H3,(H2,17,18,19,20). The van der Waals surface area contributed by atoms with E-state index < -0.39 is 0 Å². The zero-order chi connectivity index (χ0) is 14.9. The van der Waals surface area contributed by atoms with Gasteiger partial charge < -0.3 is 15.8 Å². The number of hydrazine groups is 1. The molecule has 6 heteroatoms. The van der Waals surface area contributed by atoms with Crippen LogP contribution < -0.4 is 16.6 Å². The number of anilines is 2. The highest BCUT2D eigenvalue weighted by molar-refractivity contribution is 5.49. The van der Waals surface area contributed by atoms with Crippen molar-refractivity contribution in [2.24, 2.45) is 11.8 Å². The van der Waals surface area contributed by atoms with E-state index in [9.17, 15) is 5.11 Å². The van der Waals surface area contributed by atoms with E-state index in [2.05, 4.69) is 27.6 Å². The molecule has 0 saturated heterocycles. The van der Waals surface area contributed by atoms with Crippen LogP contribution in [0.25, 0.3) is 0 Å². The first-order chi connectivity index (χ1) is 10.1. The molecule has 2 fully saturated rings. The molecule has 0 radical (unpaired) electrons. The molecule has 0 atom stereocenters. The molecule has 6 nitrogen and oxygen atoms in total. The van der Waals surface area contributed by atoms with Crippen molar-refractivity contribution in [3.05, 3.63) is 11.9 Å². The summed E-state index contributed by atoms with van der Waals surface area (Å²) < 4.78 is 0. The van der Waals surface area contributed by atoms with E-state index in [4.69, 9.17) is 5.84 Å². The molecule has 0 amide bonds. The first-order valence-electron chi connectivity index (χ1n) is 7.89. The fourth-order valence-electron chi connectivity index (χ4n) is 3.04. The molecule has 116 valence electrons. The Labute approximate surface area is 125 Å². The average molecular weight is 291 g/mol. The van der Waals surface area contributed by atoms with Crippen molar-refractivity contribution in [1.82, 2.24) is 9.97 Å². The topological polar surface area (TPSA) is 96.1 Å². The fourth-order valence-corrected chi connectivity index (χ4v) is 3.04. The molecule has 1 aromatic rings. The van der Waals surface area contributed by atoms with Crippen LogP contribution in [0.5, 0.6) is 0 Å². The van der Waals surface area contributed by atoms with Gasteiger partial charge in [0.05, 0.1) is 12.1 Å². The van der Waals surface area contributed by atoms with Gasteiger partial charge in [-0.05, 0) is 44.4 Å². The molecule has 1 aromatic heterocycles. The van der Waals surface area contributed by atoms with E-state index in [1.807, 2.05) is 6.07 Å². The van der Waals surface area contributed by atoms with Crippen molar-refractivity contribution in [3.8, 4) is 0 Å². The molecule has 0 spiro atoms. The molecular weight excluding hydrogens is 266 g/mol. The minimum atomic E-state index is -0.256. The van der Waals surface area contributed by atoms with Gasteiger partial charge in [-0.1, -0.05) is 6.92 Å². The molecule has 3 rings (SSSR count). The predicted molar refractivity (Wildman–Crippen MR) is 82.9 cm³/mol. The molecule has 1 heterocycles. The Morgan fingerprint density at radius 3 is 2.48 bits per heavy atom. The zero-order valence-corrected chi connectivity index (χ0v) is 12.6. The van der Waals surface area contributed by atoms with Crippen LogP contribution in [0, 0.1) is 5.92 Å². The van der Waals surface area contributed by atoms with E-state index in [-0.39, 0.29) is 12.1 Å². The molecule has 2 aliphatic rings. The highest BCUT2D eigenvalue weighted by Crippen LogP contribution is 2.39. The van der Waals surface area contributed by atoms with E-state index in [1.165, 1.54) is 0 Å². The van der Waals surface area contributed by atoms with E-state index >= 15 is 0 Å². The van der Waals surface area contributed by atoms with Gasteiger partial charge >= 0.3 is 0 Å². The number of hydrogen-bond donors (Lipinski definition) is 4. The molecule has 0 bridgehead atoms. The van der Waals surface area contributed by atoms with Gasteiger partial charge in [0.2, 0.25) is 0 Å². The maximum atomic E-state index is 9.86. The lowest BCUT2D eigenvalue weighted by Crippen LogP contribution is -2.45. The largest absolute Gasteiger partial charge is 0.394 e. The summed E-state index contributed by atoms with van der Waals surface area (Å²) in [7, 11) is 0. The Kier molecular flexibility index (Phi) is 3.99. The number of hydrogen-bond acceptors (Lipinski definition) is 6. The van der Waals surface area contributed by atoms with Gasteiger partial charge in [-0.25, -0.2) is 15.8 Å². The fraction of sp³-hybridized carbons (Fsp3) is 0.733. The predicted octanol–water partition coefficient (Wildman–Crippen LogP) is 1.99. The number of nitrogen functional groups attached to an aromatic ring is 1. The number of nitrogens with one attached hydrogen (secondary N) is 2. The quantitative estimate of drug-likeness (QED) is 0.489. The van der Waals surface area contributed by atoms with Crippen molar-refractivity contribution in [2.75, 3.05) is 17.3 Å². The third-order valence-corrected chi connectivity index (χ3v) is 4.76. The minimum absolute atomic E-state index is 0.133. The van der Waals surface area contributed by atoms with Crippen LogP contribution in [0.1, 0.15) is 57.2 Å². The Morgan fingerprint density at radius 2 is 1.90 bits per heavy atom. The third kappa shape index (κ3) is 3.27. The van der Waals surface area contributed by atoms with Crippen LogP contribution in [0.4, 0.5) is 11.6 Å².